The quantitative estimate of drug-likeness (QED) is 0.788. The lowest BCUT2D eigenvalue weighted by atomic mass is 9.77. The molecule has 0 aromatic carbocycles. The fraction of sp³-hybridized carbons (Fsp3) is 0.643. The van der Waals surface area contributed by atoms with Gasteiger partial charge in [0.2, 0.25) is 0 Å². The van der Waals surface area contributed by atoms with E-state index >= 15 is 0 Å². The molecule has 0 saturated heterocycles. The molecule has 1 unspecified atom stereocenters. The van der Waals surface area contributed by atoms with Crippen molar-refractivity contribution in [1.82, 2.24) is 10.3 Å². The third-order valence-corrected chi connectivity index (χ3v) is 5.08. The van der Waals surface area contributed by atoms with E-state index in [0.29, 0.717) is 23.8 Å². The number of carbonyl (C=O) groups is 2. The van der Waals surface area contributed by atoms with Gasteiger partial charge in [0.05, 0.1) is 6.04 Å². The maximum absolute atomic E-state index is 12.3. The predicted molar refractivity (Wildman–Crippen MR) is 80.2 cm³/mol. The Morgan fingerprint density at radius 2 is 2.14 bits per heavy atom. The zero-order valence-corrected chi connectivity index (χ0v) is 13.1. The van der Waals surface area contributed by atoms with Gasteiger partial charge < -0.3 is 16.2 Å². The topological polar surface area (TPSA) is 105 Å². The molecule has 0 radical (unpaired) electrons. The van der Waals surface area contributed by atoms with E-state index < -0.39 is 17.4 Å². The molecule has 0 spiro atoms. The Bertz CT molecular complexity index is 533. The maximum Gasteiger partial charge on any atom is 0.329 e. The van der Waals surface area contributed by atoms with E-state index in [0.717, 1.165) is 12.8 Å². The monoisotopic (exact) mass is 311 g/mol. The number of carboxylic acids is 1. The SMILES string of the molecule is CC1CCC(NC(=O)c2csc(C(C)N)n2)(C(=O)O)CC1. The Morgan fingerprint density at radius 1 is 1.52 bits per heavy atom. The van der Waals surface area contributed by atoms with E-state index in [9.17, 15) is 14.7 Å². The van der Waals surface area contributed by atoms with Crippen LogP contribution in [0.25, 0.3) is 0 Å². The van der Waals surface area contributed by atoms with Gasteiger partial charge in [0.25, 0.3) is 5.91 Å². The van der Waals surface area contributed by atoms with Crippen molar-refractivity contribution in [2.24, 2.45) is 11.7 Å². The lowest BCUT2D eigenvalue weighted by Crippen LogP contribution is -2.56. The number of aliphatic carboxylic acids is 1. The van der Waals surface area contributed by atoms with Gasteiger partial charge in [0.1, 0.15) is 16.2 Å². The summed E-state index contributed by atoms with van der Waals surface area (Å²) in [6.07, 6.45) is 2.52. The van der Waals surface area contributed by atoms with Gasteiger partial charge in [-0.2, -0.15) is 0 Å². The standard InChI is InChI=1S/C14H21N3O3S/c1-8-3-5-14(6-4-8,13(19)20)17-11(18)10-7-21-12(16-10)9(2)15/h7-9H,3-6,15H2,1-2H3,(H,17,18)(H,19,20). The molecule has 116 valence electrons. The normalized spacial score (nSPS) is 27.1. The van der Waals surface area contributed by atoms with Crippen LogP contribution >= 0.6 is 11.3 Å². The number of carboxylic acid groups (broad SMARTS) is 1. The summed E-state index contributed by atoms with van der Waals surface area (Å²) in [5, 5.41) is 14.5. The summed E-state index contributed by atoms with van der Waals surface area (Å²) >= 11 is 1.31. The number of rotatable bonds is 4. The minimum Gasteiger partial charge on any atom is -0.480 e. The van der Waals surface area contributed by atoms with Gasteiger partial charge in [-0.15, -0.1) is 11.3 Å². The molecule has 1 amide bonds. The Morgan fingerprint density at radius 3 is 2.62 bits per heavy atom. The van der Waals surface area contributed by atoms with E-state index in [-0.39, 0.29) is 11.7 Å². The van der Waals surface area contributed by atoms with Crippen LogP contribution in [0.3, 0.4) is 0 Å². The highest BCUT2D eigenvalue weighted by Crippen LogP contribution is 2.32. The number of nitrogens with zero attached hydrogens (tertiary/aromatic N) is 1. The van der Waals surface area contributed by atoms with Gasteiger partial charge >= 0.3 is 5.97 Å². The van der Waals surface area contributed by atoms with E-state index in [1.165, 1.54) is 11.3 Å². The van der Waals surface area contributed by atoms with E-state index in [1.807, 2.05) is 0 Å². The van der Waals surface area contributed by atoms with Crippen molar-refractivity contribution in [2.45, 2.75) is 51.1 Å². The number of thiazole rings is 1. The summed E-state index contributed by atoms with van der Waals surface area (Å²) in [6.45, 7) is 3.89. The molecule has 1 aromatic heterocycles. The molecule has 1 atom stereocenters. The molecule has 1 heterocycles. The summed E-state index contributed by atoms with van der Waals surface area (Å²) in [7, 11) is 0. The average molecular weight is 311 g/mol. The van der Waals surface area contributed by atoms with Gasteiger partial charge in [-0.3, -0.25) is 4.79 Å². The first-order chi connectivity index (χ1) is 9.84. The zero-order valence-electron chi connectivity index (χ0n) is 12.3. The van der Waals surface area contributed by atoms with Crippen LogP contribution in [0, 0.1) is 5.92 Å². The molecule has 1 fully saturated rings. The van der Waals surface area contributed by atoms with Crippen molar-refractivity contribution in [3.8, 4) is 0 Å². The Labute approximate surface area is 127 Å². The predicted octanol–water partition coefficient (Wildman–Crippen LogP) is 1.93. The molecule has 1 saturated carbocycles. The molecule has 1 aliphatic rings. The number of nitrogens with two attached hydrogens (primary N) is 1. The second kappa shape index (κ2) is 6.11. The van der Waals surface area contributed by atoms with Crippen LogP contribution in [0.15, 0.2) is 5.38 Å². The Hall–Kier alpha value is -1.47. The number of amides is 1. The van der Waals surface area contributed by atoms with Gasteiger partial charge in [-0.1, -0.05) is 6.92 Å². The van der Waals surface area contributed by atoms with Crippen molar-refractivity contribution < 1.29 is 14.7 Å². The molecular formula is C14H21N3O3S. The van der Waals surface area contributed by atoms with Gasteiger partial charge in [0, 0.05) is 5.38 Å². The maximum atomic E-state index is 12.3. The highest BCUT2D eigenvalue weighted by Gasteiger charge is 2.42. The number of hydrogen-bond donors (Lipinski definition) is 3. The van der Waals surface area contributed by atoms with Gasteiger partial charge in [-0.25, -0.2) is 9.78 Å². The molecule has 6 nitrogen and oxygen atoms in total. The van der Waals surface area contributed by atoms with Crippen LogP contribution in [0.1, 0.15) is 61.1 Å². The van der Waals surface area contributed by atoms with Gasteiger partial charge in [-0.05, 0) is 38.5 Å². The second-order valence-corrected chi connectivity index (χ2v) is 6.77. The molecule has 0 bridgehead atoms. The number of nitrogens with one attached hydrogen (secondary N) is 1. The third kappa shape index (κ3) is 3.41. The molecule has 7 heteroatoms. The summed E-state index contributed by atoms with van der Waals surface area (Å²) in [6, 6.07) is -0.236. The highest BCUT2D eigenvalue weighted by molar-refractivity contribution is 7.09. The average Bonchev–Trinajstić information content (AvgIpc) is 2.91. The lowest BCUT2D eigenvalue weighted by molar-refractivity contribution is -0.146. The van der Waals surface area contributed by atoms with Crippen molar-refractivity contribution >= 4 is 23.2 Å². The minimum atomic E-state index is -1.16. The molecular weight excluding hydrogens is 290 g/mol. The minimum absolute atomic E-state index is 0.236. The molecule has 2 rings (SSSR count). The Balaban J connectivity index is 2.13. The molecule has 0 aliphatic heterocycles. The largest absolute Gasteiger partial charge is 0.480 e. The number of hydrogen-bond acceptors (Lipinski definition) is 5. The van der Waals surface area contributed by atoms with Crippen LogP contribution in [0.2, 0.25) is 0 Å². The number of aromatic nitrogens is 1. The summed E-state index contributed by atoms with van der Waals surface area (Å²) in [4.78, 5) is 28.0. The smallest absolute Gasteiger partial charge is 0.329 e. The number of carbonyl (C=O) groups excluding carboxylic acids is 1. The van der Waals surface area contributed by atoms with Crippen LogP contribution in [0.5, 0.6) is 0 Å². The molecule has 1 aromatic rings. The van der Waals surface area contributed by atoms with Crippen LogP contribution < -0.4 is 11.1 Å². The highest BCUT2D eigenvalue weighted by atomic mass is 32.1. The summed E-state index contributed by atoms with van der Waals surface area (Å²) < 4.78 is 0. The molecule has 21 heavy (non-hydrogen) atoms. The van der Waals surface area contributed by atoms with E-state index in [1.54, 1.807) is 12.3 Å². The lowest BCUT2D eigenvalue weighted by Gasteiger charge is -2.36. The first kappa shape index (κ1) is 15.9. The van der Waals surface area contributed by atoms with Crippen molar-refractivity contribution in [2.75, 3.05) is 0 Å². The first-order valence-electron chi connectivity index (χ1n) is 7.11. The van der Waals surface area contributed by atoms with Crippen molar-refractivity contribution in [3.05, 3.63) is 16.1 Å². The summed E-state index contributed by atoms with van der Waals surface area (Å²) in [5.74, 6) is -0.904. The first-order valence-corrected chi connectivity index (χ1v) is 7.99. The van der Waals surface area contributed by atoms with E-state index in [4.69, 9.17) is 5.73 Å². The summed E-state index contributed by atoms with van der Waals surface area (Å²) in [5.41, 5.74) is 4.80. The third-order valence-electron chi connectivity index (χ3n) is 4.03. The van der Waals surface area contributed by atoms with Crippen molar-refractivity contribution in [1.29, 1.82) is 0 Å². The van der Waals surface area contributed by atoms with Crippen LogP contribution in [0.4, 0.5) is 0 Å². The van der Waals surface area contributed by atoms with E-state index in [2.05, 4.69) is 17.2 Å². The van der Waals surface area contributed by atoms with Crippen molar-refractivity contribution in [3.63, 3.8) is 0 Å². The molecule has 4 N–H and O–H groups in total. The molecule has 1 aliphatic carbocycles. The zero-order chi connectivity index (χ0) is 15.6. The van der Waals surface area contributed by atoms with Gasteiger partial charge in [0.15, 0.2) is 0 Å². The van der Waals surface area contributed by atoms with Crippen LogP contribution in [-0.2, 0) is 4.79 Å². The second-order valence-electron chi connectivity index (χ2n) is 5.88. The Kier molecular flexibility index (Phi) is 4.63. The fourth-order valence-electron chi connectivity index (χ4n) is 2.53. The van der Waals surface area contributed by atoms with Crippen LogP contribution in [-0.4, -0.2) is 27.5 Å². The fourth-order valence-corrected chi connectivity index (χ4v) is 3.29.